The van der Waals surface area contributed by atoms with Crippen LogP contribution in [0.25, 0.3) is 0 Å². The normalized spacial score (nSPS) is 17.8. The van der Waals surface area contributed by atoms with Gasteiger partial charge in [-0.1, -0.05) is 17.3 Å². The highest BCUT2D eigenvalue weighted by Gasteiger charge is 2.36. The van der Waals surface area contributed by atoms with Gasteiger partial charge in [-0.15, -0.1) is 0 Å². The lowest BCUT2D eigenvalue weighted by molar-refractivity contribution is -0.136. The number of likely N-dealkylation sites (tertiary alicyclic amines) is 1. The number of para-hydroxylation sites is 1. The van der Waals surface area contributed by atoms with E-state index in [-0.39, 0.29) is 11.7 Å². The van der Waals surface area contributed by atoms with E-state index in [9.17, 15) is 18.0 Å². The molecule has 134 valence electrons. The molecule has 2 amide bonds. The van der Waals surface area contributed by atoms with Crippen LogP contribution in [0, 0.1) is 13.8 Å². The highest BCUT2D eigenvalue weighted by molar-refractivity contribution is 5.90. The van der Waals surface area contributed by atoms with Crippen LogP contribution in [0.5, 0.6) is 0 Å². The molecule has 0 bridgehead atoms. The molecule has 25 heavy (non-hydrogen) atoms. The van der Waals surface area contributed by atoms with E-state index in [2.05, 4.69) is 10.5 Å². The topological polar surface area (TPSA) is 58.4 Å². The molecule has 1 unspecified atom stereocenters. The van der Waals surface area contributed by atoms with Gasteiger partial charge in [-0.25, -0.2) is 4.79 Å². The van der Waals surface area contributed by atoms with Crippen molar-refractivity contribution in [2.24, 2.45) is 0 Å². The average molecular weight is 353 g/mol. The molecule has 1 aromatic heterocycles. The molecule has 1 aromatic carbocycles. The average Bonchev–Trinajstić information content (AvgIpc) is 3.13. The van der Waals surface area contributed by atoms with Crippen molar-refractivity contribution in [2.75, 3.05) is 11.9 Å². The number of urea groups is 1. The lowest BCUT2D eigenvalue weighted by Gasteiger charge is -2.25. The summed E-state index contributed by atoms with van der Waals surface area (Å²) in [7, 11) is 0. The smallest absolute Gasteiger partial charge is 0.361 e. The molecular weight excluding hydrogens is 335 g/mol. The third-order valence-electron chi connectivity index (χ3n) is 4.41. The number of carbonyl (C=O) groups is 1. The van der Waals surface area contributed by atoms with Gasteiger partial charge in [0.1, 0.15) is 5.76 Å². The molecule has 0 radical (unpaired) electrons. The fourth-order valence-corrected chi connectivity index (χ4v) is 3.30. The summed E-state index contributed by atoms with van der Waals surface area (Å²) in [4.78, 5) is 14.2. The number of hydrogen-bond donors (Lipinski definition) is 1. The second-order valence-electron chi connectivity index (χ2n) is 6.06. The number of aryl methyl sites for hydroxylation is 2. The van der Waals surface area contributed by atoms with Crippen molar-refractivity contribution in [3.05, 3.63) is 46.8 Å². The van der Waals surface area contributed by atoms with Crippen molar-refractivity contribution in [2.45, 2.75) is 38.9 Å². The van der Waals surface area contributed by atoms with Crippen molar-refractivity contribution in [1.29, 1.82) is 0 Å². The number of benzene rings is 1. The Kier molecular flexibility index (Phi) is 4.45. The summed E-state index contributed by atoms with van der Waals surface area (Å²) in [5.74, 6) is 0.623. The fourth-order valence-electron chi connectivity index (χ4n) is 3.30. The van der Waals surface area contributed by atoms with Crippen molar-refractivity contribution in [1.82, 2.24) is 10.1 Å². The largest absolute Gasteiger partial charge is 0.418 e. The van der Waals surface area contributed by atoms with Gasteiger partial charge in [0.15, 0.2) is 0 Å². The standard InChI is InChI=1S/C17H18F3N3O2/c1-10-15(11(2)25-22-10)14-8-5-9-23(14)16(24)21-13-7-4-3-6-12(13)17(18,19)20/h3-4,6-7,14H,5,8-9H2,1-2H3,(H,21,24). The Labute approximate surface area is 142 Å². The van der Waals surface area contributed by atoms with Crippen LogP contribution in [0.3, 0.4) is 0 Å². The van der Waals surface area contributed by atoms with Crippen LogP contribution < -0.4 is 5.32 Å². The number of nitrogens with one attached hydrogen (secondary N) is 1. The van der Waals surface area contributed by atoms with Gasteiger partial charge >= 0.3 is 12.2 Å². The molecule has 1 fully saturated rings. The molecule has 1 aliphatic rings. The number of rotatable bonds is 2. The number of hydrogen-bond acceptors (Lipinski definition) is 3. The first kappa shape index (κ1) is 17.3. The molecule has 0 saturated carbocycles. The van der Waals surface area contributed by atoms with Gasteiger partial charge in [-0.2, -0.15) is 13.2 Å². The quantitative estimate of drug-likeness (QED) is 0.853. The van der Waals surface area contributed by atoms with E-state index in [1.807, 2.05) is 0 Å². The molecule has 1 atom stereocenters. The molecule has 8 heteroatoms. The summed E-state index contributed by atoms with van der Waals surface area (Å²) in [5, 5.41) is 6.31. The third-order valence-corrected chi connectivity index (χ3v) is 4.41. The van der Waals surface area contributed by atoms with Crippen molar-refractivity contribution in [3.63, 3.8) is 0 Å². The minimum Gasteiger partial charge on any atom is -0.361 e. The first-order valence-electron chi connectivity index (χ1n) is 7.95. The Hall–Kier alpha value is -2.51. The molecule has 1 aliphatic heterocycles. The maximum atomic E-state index is 13.1. The van der Waals surface area contributed by atoms with Crippen LogP contribution in [0.2, 0.25) is 0 Å². The lowest BCUT2D eigenvalue weighted by Crippen LogP contribution is -2.35. The fraction of sp³-hybridized carbons (Fsp3) is 0.412. The Morgan fingerprint density at radius 2 is 2.04 bits per heavy atom. The number of alkyl halides is 3. The highest BCUT2D eigenvalue weighted by Crippen LogP contribution is 2.37. The van der Waals surface area contributed by atoms with Crippen LogP contribution in [0.1, 0.15) is 41.5 Å². The Bertz CT molecular complexity index is 766. The number of halogens is 3. The summed E-state index contributed by atoms with van der Waals surface area (Å²) in [6.45, 7) is 4.02. The molecule has 2 aromatic rings. The third kappa shape index (κ3) is 3.33. The zero-order chi connectivity index (χ0) is 18.2. The summed E-state index contributed by atoms with van der Waals surface area (Å²) in [6, 6.07) is 4.15. The second-order valence-corrected chi connectivity index (χ2v) is 6.06. The molecule has 1 N–H and O–H groups in total. The van der Waals surface area contributed by atoms with Crippen molar-refractivity contribution >= 4 is 11.7 Å². The summed E-state index contributed by atoms with van der Waals surface area (Å²) >= 11 is 0. The van der Waals surface area contributed by atoms with Gasteiger partial charge in [0.05, 0.1) is 23.0 Å². The van der Waals surface area contributed by atoms with Crippen LogP contribution in [-0.4, -0.2) is 22.6 Å². The number of amides is 2. The van der Waals surface area contributed by atoms with E-state index in [4.69, 9.17) is 4.52 Å². The number of carbonyl (C=O) groups excluding carboxylic acids is 1. The Morgan fingerprint density at radius 3 is 2.68 bits per heavy atom. The Morgan fingerprint density at radius 1 is 1.32 bits per heavy atom. The van der Waals surface area contributed by atoms with Gasteiger partial charge in [0.25, 0.3) is 0 Å². The Balaban J connectivity index is 1.85. The maximum Gasteiger partial charge on any atom is 0.418 e. The highest BCUT2D eigenvalue weighted by atomic mass is 19.4. The molecular formula is C17H18F3N3O2. The summed E-state index contributed by atoms with van der Waals surface area (Å²) < 4.78 is 44.4. The predicted molar refractivity (Wildman–Crippen MR) is 85.1 cm³/mol. The number of anilines is 1. The van der Waals surface area contributed by atoms with Crippen molar-refractivity contribution < 1.29 is 22.5 Å². The molecule has 0 spiro atoms. The summed E-state index contributed by atoms with van der Waals surface area (Å²) in [6.07, 6.45) is -3.05. The number of nitrogens with zero attached hydrogens (tertiary/aromatic N) is 2. The molecule has 5 nitrogen and oxygen atoms in total. The van der Waals surface area contributed by atoms with Crippen LogP contribution in [-0.2, 0) is 6.18 Å². The van der Waals surface area contributed by atoms with Crippen molar-refractivity contribution in [3.8, 4) is 0 Å². The second kappa shape index (κ2) is 6.42. The summed E-state index contributed by atoms with van der Waals surface area (Å²) in [5.41, 5.74) is 0.412. The van der Waals surface area contributed by atoms with Crippen LogP contribution in [0.15, 0.2) is 28.8 Å². The first-order valence-corrected chi connectivity index (χ1v) is 7.95. The molecule has 2 heterocycles. The van der Waals surface area contributed by atoms with Gasteiger partial charge in [-0.3, -0.25) is 0 Å². The van der Waals surface area contributed by atoms with Gasteiger partial charge in [-0.05, 0) is 38.8 Å². The van der Waals surface area contributed by atoms with Crippen LogP contribution in [0.4, 0.5) is 23.7 Å². The lowest BCUT2D eigenvalue weighted by atomic mass is 10.0. The van der Waals surface area contributed by atoms with E-state index in [0.29, 0.717) is 18.0 Å². The zero-order valence-corrected chi connectivity index (χ0v) is 13.9. The van der Waals surface area contributed by atoms with Gasteiger partial charge < -0.3 is 14.7 Å². The van der Waals surface area contributed by atoms with E-state index in [1.54, 1.807) is 18.7 Å². The molecule has 1 saturated heterocycles. The minimum atomic E-state index is -4.53. The van der Waals surface area contributed by atoms with Crippen LogP contribution >= 0.6 is 0 Å². The van der Waals surface area contributed by atoms with Gasteiger partial charge in [0.2, 0.25) is 0 Å². The SMILES string of the molecule is Cc1noc(C)c1C1CCCN1C(=O)Nc1ccccc1C(F)(F)F. The molecule has 3 rings (SSSR count). The zero-order valence-electron chi connectivity index (χ0n) is 13.9. The van der Waals surface area contributed by atoms with Gasteiger partial charge in [0, 0.05) is 12.1 Å². The number of aromatic nitrogens is 1. The molecule has 0 aliphatic carbocycles. The minimum absolute atomic E-state index is 0.246. The maximum absolute atomic E-state index is 13.1. The monoisotopic (exact) mass is 353 g/mol. The first-order chi connectivity index (χ1) is 11.8. The van der Waals surface area contributed by atoms with E-state index >= 15 is 0 Å². The van der Waals surface area contributed by atoms with E-state index in [1.165, 1.54) is 18.2 Å². The predicted octanol–water partition coefficient (Wildman–Crippen LogP) is 4.68. The van der Waals surface area contributed by atoms with E-state index < -0.39 is 17.8 Å². The van der Waals surface area contributed by atoms with E-state index in [0.717, 1.165) is 24.5 Å².